The molecular weight excluding hydrogens is 249 g/mol. The van der Waals surface area contributed by atoms with E-state index in [1.807, 2.05) is 6.07 Å². The van der Waals surface area contributed by atoms with Crippen molar-refractivity contribution in [2.45, 2.75) is 40.2 Å². The van der Waals surface area contributed by atoms with Gasteiger partial charge in [0, 0.05) is 6.04 Å². The van der Waals surface area contributed by atoms with Crippen LogP contribution in [0.3, 0.4) is 0 Å². The highest BCUT2D eigenvalue weighted by Crippen LogP contribution is 2.25. The minimum Gasteiger partial charge on any atom is -0.314 e. The fourth-order valence-electron chi connectivity index (χ4n) is 1.92. The third-order valence-corrected chi connectivity index (χ3v) is 3.67. The predicted molar refractivity (Wildman–Crippen MR) is 76.6 cm³/mol. The fourth-order valence-corrected chi connectivity index (χ4v) is 2.12. The molecule has 0 aliphatic carbocycles. The summed E-state index contributed by atoms with van der Waals surface area (Å²) in [5.41, 5.74) is 0.904. The zero-order chi connectivity index (χ0) is 13.7. The Bertz CT molecular complexity index is 377. The zero-order valence-electron chi connectivity index (χ0n) is 11.6. The Hall–Kier alpha value is -0.600. The normalized spacial score (nSPS) is 13.3. The van der Waals surface area contributed by atoms with Gasteiger partial charge >= 0.3 is 0 Å². The molecule has 0 fully saturated rings. The van der Waals surface area contributed by atoms with Crippen LogP contribution in [-0.2, 0) is 6.42 Å². The maximum atomic E-state index is 13.4. The Morgan fingerprint density at radius 2 is 1.89 bits per heavy atom. The van der Waals surface area contributed by atoms with Crippen LogP contribution in [0, 0.1) is 17.7 Å². The third kappa shape index (κ3) is 4.58. The van der Waals surface area contributed by atoms with Crippen LogP contribution in [0.15, 0.2) is 18.2 Å². The Kier molecular flexibility index (Phi) is 6.10. The summed E-state index contributed by atoms with van der Waals surface area (Å²) in [5, 5.41) is 3.72. The number of hydrogen-bond acceptors (Lipinski definition) is 1. The molecule has 0 aliphatic heterocycles. The second kappa shape index (κ2) is 7.10. The van der Waals surface area contributed by atoms with Crippen LogP contribution in [0.5, 0.6) is 0 Å². The van der Waals surface area contributed by atoms with Crippen molar-refractivity contribution in [1.82, 2.24) is 5.32 Å². The van der Waals surface area contributed by atoms with Gasteiger partial charge < -0.3 is 5.32 Å². The van der Waals surface area contributed by atoms with Gasteiger partial charge in [0.05, 0.1) is 5.02 Å². The lowest BCUT2D eigenvalue weighted by Gasteiger charge is -2.23. The highest BCUT2D eigenvalue weighted by molar-refractivity contribution is 6.31. The Morgan fingerprint density at radius 3 is 2.44 bits per heavy atom. The topological polar surface area (TPSA) is 12.0 Å². The number of hydrogen-bond donors (Lipinski definition) is 1. The quantitative estimate of drug-likeness (QED) is 0.814. The molecule has 0 bridgehead atoms. The minimum atomic E-state index is -0.325. The SMILES string of the molecule is CC(C)NCC(Cc1cccc(F)c1Cl)C(C)C. The van der Waals surface area contributed by atoms with Crippen LogP contribution in [-0.4, -0.2) is 12.6 Å². The number of nitrogens with one attached hydrogen (secondary N) is 1. The second-order valence-corrected chi connectivity index (χ2v) is 5.86. The van der Waals surface area contributed by atoms with Crippen molar-refractivity contribution in [3.8, 4) is 0 Å². The molecule has 0 aliphatic rings. The lowest BCUT2D eigenvalue weighted by atomic mass is 9.89. The van der Waals surface area contributed by atoms with E-state index in [1.54, 1.807) is 6.07 Å². The van der Waals surface area contributed by atoms with Crippen molar-refractivity contribution in [3.05, 3.63) is 34.6 Å². The van der Waals surface area contributed by atoms with E-state index in [2.05, 4.69) is 33.0 Å². The van der Waals surface area contributed by atoms with Crippen LogP contribution < -0.4 is 5.32 Å². The average Bonchev–Trinajstić information content (AvgIpc) is 2.29. The first-order valence-electron chi connectivity index (χ1n) is 6.58. The van der Waals surface area contributed by atoms with E-state index in [1.165, 1.54) is 6.07 Å². The molecule has 1 nitrogen and oxygen atoms in total. The molecule has 0 saturated heterocycles. The van der Waals surface area contributed by atoms with Crippen molar-refractivity contribution in [2.75, 3.05) is 6.54 Å². The molecule has 0 heterocycles. The molecule has 0 aromatic heterocycles. The van der Waals surface area contributed by atoms with Crippen molar-refractivity contribution >= 4 is 11.6 Å². The molecule has 1 unspecified atom stereocenters. The molecule has 1 aromatic rings. The molecule has 0 radical (unpaired) electrons. The summed E-state index contributed by atoms with van der Waals surface area (Å²) >= 11 is 6.01. The fraction of sp³-hybridized carbons (Fsp3) is 0.600. The van der Waals surface area contributed by atoms with Crippen LogP contribution >= 0.6 is 11.6 Å². The number of rotatable bonds is 6. The first kappa shape index (κ1) is 15.5. The Labute approximate surface area is 115 Å². The smallest absolute Gasteiger partial charge is 0.142 e. The summed E-state index contributed by atoms with van der Waals surface area (Å²) < 4.78 is 13.4. The van der Waals surface area contributed by atoms with Gasteiger partial charge in [-0.2, -0.15) is 0 Å². The van der Waals surface area contributed by atoms with Crippen molar-refractivity contribution in [3.63, 3.8) is 0 Å². The lowest BCUT2D eigenvalue weighted by Crippen LogP contribution is -2.32. The molecule has 0 amide bonds. The first-order valence-corrected chi connectivity index (χ1v) is 6.95. The molecule has 0 saturated carbocycles. The van der Waals surface area contributed by atoms with Gasteiger partial charge in [-0.1, -0.05) is 51.4 Å². The third-order valence-electron chi connectivity index (χ3n) is 3.24. The highest BCUT2D eigenvalue weighted by atomic mass is 35.5. The summed E-state index contributed by atoms with van der Waals surface area (Å²) in [6.07, 6.45) is 0.813. The largest absolute Gasteiger partial charge is 0.314 e. The molecule has 18 heavy (non-hydrogen) atoms. The Balaban J connectivity index is 2.74. The van der Waals surface area contributed by atoms with Gasteiger partial charge in [0.1, 0.15) is 5.82 Å². The van der Waals surface area contributed by atoms with Gasteiger partial charge in [0.15, 0.2) is 0 Å². The molecule has 1 atom stereocenters. The molecule has 3 heteroatoms. The van der Waals surface area contributed by atoms with Gasteiger partial charge in [-0.25, -0.2) is 4.39 Å². The van der Waals surface area contributed by atoms with Crippen LogP contribution in [0.2, 0.25) is 5.02 Å². The monoisotopic (exact) mass is 271 g/mol. The zero-order valence-corrected chi connectivity index (χ0v) is 12.4. The van der Waals surface area contributed by atoms with E-state index < -0.39 is 0 Å². The summed E-state index contributed by atoms with van der Waals surface area (Å²) in [6.45, 7) is 9.58. The average molecular weight is 272 g/mol. The molecular formula is C15H23ClFN. The van der Waals surface area contributed by atoms with Gasteiger partial charge in [-0.15, -0.1) is 0 Å². The number of halogens is 2. The van der Waals surface area contributed by atoms with Crippen molar-refractivity contribution < 1.29 is 4.39 Å². The van der Waals surface area contributed by atoms with Gasteiger partial charge in [-0.05, 0) is 36.4 Å². The van der Waals surface area contributed by atoms with E-state index in [9.17, 15) is 4.39 Å². The second-order valence-electron chi connectivity index (χ2n) is 5.48. The standard InChI is InChI=1S/C15H23ClFN/c1-10(2)13(9-18-11(3)4)8-12-6-5-7-14(17)15(12)16/h5-7,10-11,13,18H,8-9H2,1-4H3. The molecule has 0 spiro atoms. The summed E-state index contributed by atoms with van der Waals surface area (Å²) in [6, 6.07) is 5.51. The number of benzene rings is 1. The Morgan fingerprint density at radius 1 is 1.22 bits per heavy atom. The lowest BCUT2D eigenvalue weighted by molar-refractivity contribution is 0.349. The van der Waals surface area contributed by atoms with E-state index in [-0.39, 0.29) is 10.8 Å². The molecule has 102 valence electrons. The van der Waals surface area contributed by atoms with Gasteiger partial charge in [0.25, 0.3) is 0 Å². The van der Waals surface area contributed by atoms with Crippen molar-refractivity contribution in [1.29, 1.82) is 0 Å². The van der Waals surface area contributed by atoms with Crippen LogP contribution in [0.1, 0.15) is 33.3 Å². The summed E-state index contributed by atoms with van der Waals surface area (Å²) in [5.74, 6) is 0.677. The maximum absolute atomic E-state index is 13.4. The van der Waals surface area contributed by atoms with Gasteiger partial charge in [0.2, 0.25) is 0 Å². The van der Waals surface area contributed by atoms with Crippen molar-refractivity contribution in [2.24, 2.45) is 11.8 Å². The molecule has 1 N–H and O–H groups in total. The van der Waals surface area contributed by atoms with Gasteiger partial charge in [-0.3, -0.25) is 0 Å². The summed E-state index contributed by atoms with van der Waals surface area (Å²) in [4.78, 5) is 0. The predicted octanol–water partition coefficient (Wildman–Crippen LogP) is 4.29. The minimum absolute atomic E-state index is 0.271. The summed E-state index contributed by atoms with van der Waals surface area (Å²) in [7, 11) is 0. The van der Waals surface area contributed by atoms with E-state index >= 15 is 0 Å². The van der Waals surface area contributed by atoms with E-state index in [0.29, 0.717) is 17.9 Å². The molecule has 1 rings (SSSR count). The van der Waals surface area contributed by atoms with Crippen LogP contribution in [0.25, 0.3) is 0 Å². The highest BCUT2D eigenvalue weighted by Gasteiger charge is 2.17. The van der Waals surface area contributed by atoms with E-state index in [4.69, 9.17) is 11.6 Å². The first-order chi connectivity index (χ1) is 8.41. The molecule has 1 aromatic carbocycles. The van der Waals surface area contributed by atoms with Crippen LogP contribution in [0.4, 0.5) is 4.39 Å². The van der Waals surface area contributed by atoms with E-state index in [0.717, 1.165) is 18.5 Å². The maximum Gasteiger partial charge on any atom is 0.142 e.